The van der Waals surface area contributed by atoms with Crippen LogP contribution in [0.5, 0.6) is 0 Å². The topological polar surface area (TPSA) is 83.8 Å². The van der Waals surface area contributed by atoms with Crippen molar-refractivity contribution in [3.05, 3.63) is 0 Å². The van der Waals surface area contributed by atoms with Crippen LogP contribution in [0.1, 0.15) is 46.5 Å². The van der Waals surface area contributed by atoms with Gasteiger partial charge in [-0.3, -0.25) is 9.36 Å². The first-order valence-electron chi connectivity index (χ1n) is 5.54. The van der Waals surface area contributed by atoms with Crippen LogP contribution in [-0.4, -0.2) is 27.5 Å². The van der Waals surface area contributed by atoms with Gasteiger partial charge in [-0.05, 0) is 19.3 Å². The monoisotopic (exact) mass is 252 g/mol. The number of hydrogen-bond donors (Lipinski definition) is 2. The van der Waals surface area contributed by atoms with Crippen LogP contribution in [0.4, 0.5) is 0 Å². The van der Waals surface area contributed by atoms with Gasteiger partial charge in [0.15, 0.2) is 0 Å². The molecule has 0 aromatic rings. The Bertz CT molecular complexity index is 266. The zero-order valence-electron chi connectivity index (χ0n) is 10.1. The lowest BCUT2D eigenvalue weighted by Crippen LogP contribution is -2.31. The minimum Gasteiger partial charge on any atom is -0.466 e. The Hall–Kier alpha value is -0.380. The van der Waals surface area contributed by atoms with E-state index in [0.717, 1.165) is 0 Å². The number of rotatable bonds is 7. The van der Waals surface area contributed by atoms with Crippen molar-refractivity contribution in [3.63, 3.8) is 0 Å². The molecule has 0 saturated heterocycles. The summed E-state index contributed by atoms with van der Waals surface area (Å²) >= 11 is 0. The van der Waals surface area contributed by atoms with Crippen LogP contribution in [0.15, 0.2) is 0 Å². The Morgan fingerprint density at radius 3 is 2.06 bits per heavy atom. The molecule has 0 aromatic carbocycles. The first kappa shape index (κ1) is 15.6. The zero-order chi connectivity index (χ0) is 12.8. The third-order valence-corrected chi connectivity index (χ3v) is 4.90. The van der Waals surface area contributed by atoms with Gasteiger partial charge in [0, 0.05) is 0 Å². The van der Waals surface area contributed by atoms with Crippen LogP contribution in [0.25, 0.3) is 0 Å². The van der Waals surface area contributed by atoms with E-state index in [1.54, 1.807) is 13.8 Å². The number of esters is 1. The Kier molecular flexibility index (Phi) is 6.23. The molecule has 16 heavy (non-hydrogen) atoms. The van der Waals surface area contributed by atoms with Gasteiger partial charge in [0.2, 0.25) is 0 Å². The van der Waals surface area contributed by atoms with Crippen molar-refractivity contribution < 1.29 is 23.9 Å². The fraction of sp³-hybridized carbons (Fsp3) is 0.900. The molecule has 0 unspecified atom stereocenters. The van der Waals surface area contributed by atoms with E-state index in [1.807, 2.05) is 6.92 Å². The second-order valence-corrected chi connectivity index (χ2v) is 5.91. The van der Waals surface area contributed by atoms with Gasteiger partial charge in [-0.2, -0.15) is 0 Å². The van der Waals surface area contributed by atoms with E-state index in [1.165, 1.54) is 0 Å². The minimum atomic E-state index is -4.29. The van der Waals surface area contributed by atoms with Crippen molar-refractivity contribution in [3.8, 4) is 0 Å². The molecular weight excluding hydrogens is 231 g/mol. The molecule has 0 aliphatic rings. The van der Waals surface area contributed by atoms with Crippen molar-refractivity contribution in [2.45, 2.75) is 51.6 Å². The van der Waals surface area contributed by atoms with Gasteiger partial charge in [-0.15, -0.1) is 0 Å². The molecule has 0 saturated carbocycles. The summed E-state index contributed by atoms with van der Waals surface area (Å²) in [5, 5.41) is -1.27. The summed E-state index contributed by atoms with van der Waals surface area (Å²) in [6.07, 6.45) is 1.00. The lowest BCUT2D eigenvalue weighted by molar-refractivity contribution is -0.144. The van der Waals surface area contributed by atoms with E-state index in [-0.39, 0.29) is 19.3 Å². The maximum Gasteiger partial charge on any atom is 0.332 e. The standard InChI is InChI=1S/C10H21O5P/c1-4-7-15-9(11)8-10(5-2,6-3)16(12,13)14/h4-8H2,1-3H3,(H2,12,13,14). The predicted molar refractivity (Wildman–Crippen MR) is 61.2 cm³/mol. The molecule has 0 bridgehead atoms. The summed E-state index contributed by atoms with van der Waals surface area (Å²) < 4.78 is 16.3. The highest BCUT2D eigenvalue weighted by molar-refractivity contribution is 7.53. The number of carbonyl (C=O) groups is 1. The molecular formula is C10H21O5P. The Morgan fingerprint density at radius 2 is 1.75 bits per heavy atom. The van der Waals surface area contributed by atoms with Crippen molar-refractivity contribution in [1.29, 1.82) is 0 Å². The highest BCUT2D eigenvalue weighted by Gasteiger charge is 2.45. The summed E-state index contributed by atoms with van der Waals surface area (Å²) in [5.41, 5.74) is 0. The van der Waals surface area contributed by atoms with Gasteiger partial charge >= 0.3 is 13.6 Å². The molecule has 0 aliphatic carbocycles. The summed E-state index contributed by atoms with van der Waals surface area (Å²) in [6.45, 7) is 5.51. The maximum atomic E-state index is 11.4. The molecule has 0 heterocycles. The van der Waals surface area contributed by atoms with E-state index < -0.39 is 18.7 Å². The summed E-state index contributed by atoms with van der Waals surface area (Å²) in [5.74, 6) is -0.533. The van der Waals surface area contributed by atoms with Gasteiger partial charge < -0.3 is 14.5 Å². The summed E-state index contributed by atoms with van der Waals surface area (Å²) in [4.78, 5) is 30.0. The molecule has 0 aliphatic heterocycles. The molecule has 5 nitrogen and oxygen atoms in total. The van der Waals surface area contributed by atoms with Crippen molar-refractivity contribution in [2.24, 2.45) is 0 Å². The van der Waals surface area contributed by atoms with Crippen LogP contribution in [0.3, 0.4) is 0 Å². The predicted octanol–water partition coefficient (Wildman–Crippen LogP) is 2.07. The third kappa shape index (κ3) is 3.89. The van der Waals surface area contributed by atoms with Gasteiger partial charge in [0.25, 0.3) is 0 Å². The highest BCUT2D eigenvalue weighted by atomic mass is 31.2. The molecule has 0 fully saturated rings. The average molecular weight is 252 g/mol. The largest absolute Gasteiger partial charge is 0.466 e. The van der Waals surface area contributed by atoms with Crippen molar-refractivity contribution in [2.75, 3.05) is 6.61 Å². The molecule has 96 valence electrons. The smallest absolute Gasteiger partial charge is 0.332 e. The molecule has 0 spiro atoms. The van der Waals surface area contributed by atoms with Crippen LogP contribution < -0.4 is 0 Å². The van der Waals surface area contributed by atoms with Crippen molar-refractivity contribution in [1.82, 2.24) is 0 Å². The average Bonchev–Trinajstić information content (AvgIpc) is 2.21. The first-order chi connectivity index (χ1) is 7.33. The molecule has 0 radical (unpaired) electrons. The van der Waals surface area contributed by atoms with Gasteiger partial charge in [0.1, 0.15) is 0 Å². The van der Waals surface area contributed by atoms with Crippen LogP contribution in [-0.2, 0) is 14.1 Å². The number of hydrogen-bond acceptors (Lipinski definition) is 3. The summed E-state index contributed by atoms with van der Waals surface area (Å²) in [7, 11) is -4.29. The molecule has 0 aromatic heterocycles. The van der Waals surface area contributed by atoms with E-state index in [9.17, 15) is 19.1 Å². The third-order valence-electron chi connectivity index (χ3n) is 2.87. The Morgan fingerprint density at radius 1 is 1.25 bits per heavy atom. The minimum absolute atomic E-state index is 0.218. The molecule has 6 heteroatoms. The van der Waals surface area contributed by atoms with Gasteiger partial charge in [0.05, 0.1) is 18.2 Å². The quantitative estimate of drug-likeness (QED) is 0.535. The van der Waals surface area contributed by atoms with Crippen LogP contribution in [0, 0.1) is 0 Å². The van der Waals surface area contributed by atoms with E-state index in [4.69, 9.17) is 4.74 Å². The first-order valence-corrected chi connectivity index (χ1v) is 7.15. The second kappa shape index (κ2) is 6.38. The highest BCUT2D eigenvalue weighted by Crippen LogP contribution is 2.56. The Labute approximate surface area is 96.4 Å². The normalized spacial score (nSPS) is 12.6. The van der Waals surface area contributed by atoms with E-state index in [0.29, 0.717) is 13.0 Å². The molecule has 2 N–H and O–H groups in total. The SMILES string of the molecule is CCCOC(=O)CC(CC)(CC)P(=O)(O)O. The lowest BCUT2D eigenvalue weighted by Gasteiger charge is -2.31. The zero-order valence-corrected chi connectivity index (χ0v) is 11.0. The van der Waals surface area contributed by atoms with Gasteiger partial charge in [-0.1, -0.05) is 20.8 Å². The maximum absolute atomic E-state index is 11.4. The number of ether oxygens (including phenoxy) is 1. The molecule has 0 amide bonds. The fourth-order valence-electron chi connectivity index (χ4n) is 1.55. The Balaban J connectivity index is 4.69. The summed E-state index contributed by atoms with van der Waals surface area (Å²) in [6, 6.07) is 0. The van der Waals surface area contributed by atoms with Gasteiger partial charge in [-0.25, -0.2) is 0 Å². The van der Waals surface area contributed by atoms with E-state index >= 15 is 0 Å². The van der Waals surface area contributed by atoms with E-state index in [2.05, 4.69) is 0 Å². The fourth-order valence-corrected chi connectivity index (χ4v) is 2.71. The lowest BCUT2D eigenvalue weighted by atomic mass is 9.98. The van der Waals surface area contributed by atoms with Crippen molar-refractivity contribution >= 4 is 13.6 Å². The molecule has 0 atom stereocenters. The molecule has 0 rings (SSSR count). The van der Waals surface area contributed by atoms with Crippen LogP contribution >= 0.6 is 7.60 Å². The second-order valence-electron chi connectivity index (χ2n) is 3.87. The number of carbonyl (C=O) groups excluding carboxylic acids is 1. The van der Waals surface area contributed by atoms with Crippen LogP contribution in [0.2, 0.25) is 0 Å².